The number of hydrogen-bond acceptors (Lipinski definition) is 6. The van der Waals surface area contributed by atoms with E-state index in [4.69, 9.17) is 9.47 Å². The third-order valence-corrected chi connectivity index (χ3v) is 14.2. The summed E-state index contributed by atoms with van der Waals surface area (Å²) in [5.41, 5.74) is -1.31. The molecule has 6 nitrogen and oxygen atoms in total. The molecule has 7 fully saturated rings. The molecular weight excluding hydrogens is 456 g/mol. The molecule has 1 spiro atoms. The summed E-state index contributed by atoms with van der Waals surface area (Å²) in [7, 11) is 0. The second-order valence-electron chi connectivity index (χ2n) is 15.0. The average molecular weight is 501 g/mol. The number of carbonyl (C=O) groups excluding carboxylic acids is 1. The van der Waals surface area contributed by atoms with Crippen molar-refractivity contribution in [2.45, 2.75) is 110 Å². The maximum Gasteiger partial charge on any atom is 0.313 e. The molecule has 2 heterocycles. The Morgan fingerprint density at radius 1 is 1.06 bits per heavy atom. The van der Waals surface area contributed by atoms with Crippen LogP contribution in [0.1, 0.15) is 79.6 Å². The van der Waals surface area contributed by atoms with E-state index >= 15 is 0 Å². The summed E-state index contributed by atoms with van der Waals surface area (Å²) < 4.78 is 13.4. The molecule has 36 heavy (non-hydrogen) atoms. The van der Waals surface area contributed by atoms with Crippen molar-refractivity contribution < 1.29 is 29.6 Å². The van der Waals surface area contributed by atoms with Gasteiger partial charge >= 0.3 is 5.97 Å². The lowest BCUT2D eigenvalue weighted by atomic mass is 9.30. The summed E-state index contributed by atoms with van der Waals surface area (Å²) >= 11 is 0. The van der Waals surface area contributed by atoms with Crippen LogP contribution in [0.4, 0.5) is 0 Å². The van der Waals surface area contributed by atoms with Gasteiger partial charge in [0.25, 0.3) is 0 Å². The fraction of sp³-hybridized carbons (Fsp3) is 0.900. The first-order chi connectivity index (χ1) is 16.8. The number of epoxide rings is 1. The summed E-state index contributed by atoms with van der Waals surface area (Å²) in [5, 5.41) is 32.6. The molecule has 14 atom stereocenters. The Bertz CT molecular complexity index is 1060. The van der Waals surface area contributed by atoms with Gasteiger partial charge in [-0.1, -0.05) is 46.8 Å². The van der Waals surface area contributed by atoms with E-state index in [9.17, 15) is 20.1 Å². The summed E-state index contributed by atoms with van der Waals surface area (Å²) in [6.45, 7) is 15.6. The van der Waals surface area contributed by atoms with E-state index < -0.39 is 28.6 Å². The normalized spacial score (nSPS) is 64.9. The molecule has 3 N–H and O–H groups in total. The first kappa shape index (κ1) is 24.1. The zero-order valence-corrected chi connectivity index (χ0v) is 22.5. The van der Waals surface area contributed by atoms with Crippen LogP contribution in [0.2, 0.25) is 0 Å². The lowest BCUT2D eigenvalue weighted by Gasteiger charge is -2.72. The Morgan fingerprint density at radius 2 is 1.78 bits per heavy atom. The Hall–Kier alpha value is -0.950. The van der Waals surface area contributed by atoms with Crippen LogP contribution in [-0.2, 0) is 14.3 Å². The maximum absolute atomic E-state index is 13.8. The highest BCUT2D eigenvalue weighted by atomic mass is 16.6. The largest absolute Gasteiger partial charge is 0.455 e. The topological polar surface area (TPSA) is 99.5 Å². The van der Waals surface area contributed by atoms with Crippen LogP contribution in [0, 0.1) is 50.7 Å². The first-order valence-electron chi connectivity index (χ1n) is 14.3. The fourth-order valence-corrected chi connectivity index (χ4v) is 12.3. The number of ether oxygens (including phenoxy) is 2. The maximum atomic E-state index is 13.8. The number of aliphatic hydroxyl groups is 3. The minimum Gasteiger partial charge on any atom is -0.455 e. The van der Waals surface area contributed by atoms with E-state index in [0.29, 0.717) is 6.42 Å². The minimum atomic E-state index is -0.938. The summed E-state index contributed by atoms with van der Waals surface area (Å²) in [4.78, 5) is 13.8. The van der Waals surface area contributed by atoms with Crippen molar-refractivity contribution >= 4 is 5.97 Å². The Morgan fingerprint density at radius 3 is 2.47 bits per heavy atom. The van der Waals surface area contributed by atoms with Crippen LogP contribution >= 0.6 is 0 Å². The number of esters is 1. The molecule has 0 aromatic heterocycles. The molecule has 6 heteroatoms. The van der Waals surface area contributed by atoms with Crippen molar-refractivity contribution in [3.05, 3.63) is 12.2 Å². The second-order valence-corrected chi connectivity index (χ2v) is 15.0. The Labute approximate surface area is 214 Å². The van der Waals surface area contributed by atoms with Crippen molar-refractivity contribution in [3.8, 4) is 0 Å². The van der Waals surface area contributed by atoms with Gasteiger partial charge in [0.1, 0.15) is 6.10 Å². The van der Waals surface area contributed by atoms with Gasteiger partial charge in [0.15, 0.2) is 5.60 Å². The third kappa shape index (κ3) is 2.17. The average Bonchev–Trinajstić information content (AvgIpc) is 3.57. The van der Waals surface area contributed by atoms with Crippen molar-refractivity contribution in [2.75, 3.05) is 6.61 Å². The molecule has 2 bridgehead atoms. The summed E-state index contributed by atoms with van der Waals surface area (Å²) in [5.74, 6) is 0.543. The zero-order valence-electron chi connectivity index (χ0n) is 22.5. The van der Waals surface area contributed by atoms with Crippen LogP contribution in [-0.4, -0.2) is 57.9 Å². The molecule has 0 aromatic carbocycles. The smallest absolute Gasteiger partial charge is 0.313 e. The van der Waals surface area contributed by atoms with E-state index in [1.54, 1.807) is 0 Å². The molecule has 0 radical (unpaired) electrons. The van der Waals surface area contributed by atoms with Gasteiger partial charge in [0, 0.05) is 16.7 Å². The fourth-order valence-electron chi connectivity index (χ4n) is 12.3. The van der Waals surface area contributed by atoms with Gasteiger partial charge in [-0.15, -0.1) is 0 Å². The Balaban J connectivity index is 1.40. The molecule has 5 aliphatic carbocycles. The van der Waals surface area contributed by atoms with Crippen LogP contribution < -0.4 is 0 Å². The van der Waals surface area contributed by atoms with Gasteiger partial charge in [-0.25, -0.2) is 0 Å². The molecule has 200 valence electrons. The molecule has 2 aliphatic heterocycles. The number of carbonyl (C=O) groups is 1. The van der Waals surface area contributed by atoms with E-state index in [0.717, 1.165) is 38.5 Å². The van der Waals surface area contributed by atoms with Gasteiger partial charge in [-0.2, -0.15) is 0 Å². The highest BCUT2D eigenvalue weighted by Crippen LogP contribution is 2.83. The standard InChI is InChI=1S/C30H44O6/c1-15-7-10-29-12-11-28(6)27(5)9-8-18-25(3,13-17(32)22(33)26(18,4)14-31)21(27)19-23(35-19)30(28,36-24(29)34)20(29)16(15)2/h16-23,31-33H,1,7-14H2,2-6H3/t16-,17+,18+,19-,20+,21+,22+,23-,25-,26+,27+,28-,29-,30+/m0/s1. The van der Waals surface area contributed by atoms with Crippen molar-refractivity contribution in [3.63, 3.8) is 0 Å². The summed E-state index contributed by atoms with van der Waals surface area (Å²) in [6.07, 6.45) is 3.87. The van der Waals surface area contributed by atoms with E-state index in [2.05, 4.69) is 34.3 Å². The molecule has 0 amide bonds. The zero-order chi connectivity index (χ0) is 25.8. The Kier molecular flexibility index (Phi) is 4.42. The predicted molar refractivity (Wildman–Crippen MR) is 133 cm³/mol. The first-order valence-corrected chi connectivity index (χ1v) is 14.3. The van der Waals surface area contributed by atoms with Gasteiger partial charge in [-0.3, -0.25) is 4.79 Å². The van der Waals surface area contributed by atoms with Crippen LogP contribution in [0.25, 0.3) is 0 Å². The highest BCUT2D eigenvalue weighted by Gasteiger charge is 2.89. The van der Waals surface area contributed by atoms with Gasteiger partial charge < -0.3 is 24.8 Å². The predicted octanol–water partition coefficient (Wildman–Crippen LogP) is 3.61. The van der Waals surface area contributed by atoms with Crippen molar-refractivity contribution in [1.82, 2.24) is 0 Å². The molecule has 0 aromatic rings. The molecular formula is C30H44O6. The van der Waals surface area contributed by atoms with Gasteiger partial charge in [0.05, 0.1) is 30.3 Å². The minimum absolute atomic E-state index is 0.00385. The van der Waals surface area contributed by atoms with Crippen LogP contribution in [0.5, 0.6) is 0 Å². The molecule has 7 aliphatic rings. The lowest BCUT2D eigenvalue weighted by Crippen LogP contribution is -2.76. The van der Waals surface area contributed by atoms with E-state index in [1.165, 1.54) is 5.57 Å². The molecule has 7 rings (SSSR count). The quantitative estimate of drug-likeness (QED) is 0.289. The highest BCUT2D eigenvalue weighted by molar-refractivity contribution is 5.82. The van der Waals surface area contributed by atoms with Crippen LogP contribution in [0.3, 0.4) is 0 Å². The van der Waals surface area contributed by atoms with Gasteiger partial charge in [0.2, 0.25) is 0 Å². The van der Waals surface area contributed by atoms with Gasteiger partial charge in [-0.05, 0) is 73.5 Å². The summed E-state index contributed by atoms with van der Waals surface area (Å²) in [6, 6.07) is 0. The number of hydrogen-bond donors (Lipinski definition) is 3. The van der Waals surface area contributed by atoms with Crippen LogP contribution in [0.15, 0.2) is 12.2 Å². The van der Waals surface area contributed by atoms with Crippen molar-refractivity contribution in [2.24, 2.45) is 50.7 Å². The lowest BCUT2D eigenvalue weighted by molar-refractivity contribution is -0.287. The van der Waals surface area contributed by atoms with E-state index in [1.807, 2.05) is 6.92 Å². The number of aliphatic hydroxyl groups excluding tert-OH is 3. The van der Waals surface area contributed by atoms with Crippen molar-refractivity contribution in [1.29, 1.82) is 0 Å². The van der Waals surface area contributed by atoms with E-state index in [-0.39, 0.29) is 64.7 Å². The monoisotopic (exact) mass is 500 g/mol. The SMILES string of the molecule is C=C1CC[C@@]23CC[C@]4(C)[C@@](OC2=O)([C@@H]3[C@H]1C)[C@H]1O[C@H]1[C@@H]1[C@@]2(C)C[C@@H](O)[C@@H](O)[C@](C)(CO)[C@@H]2CC[C@]14C. The number of rotatable bonds is 1. The third-order valence-electron chi connectivity index (χ3n) is 14.2. The molecule has 2 saturated heterocycles. The number of allylic oxidation sites excluding steroid dienone is 1. The molecule has 0 unspecified atom stereocenters. The second kappa shape index (κ2) is 6.60. The molecule has 5 saturated carbocycles. The number of fused-ring (bicyclic) bond motifs is 6.